The van der Waals surface area contributed by atoms with Crippen LogP contribution in [0, 0.1) is 0 Å². The lowest BCUT2D eigenvalue weighted by Crippen LogP contribution is -2.47. The molecular weight excluding hydrogens is 486 g/mol. The van der Waals surface area contributed by atoms with E-state index < -0.39 is 0 Å². The highest BCUT2D eigenvalue weighted by molar-refractivity contribution is 6.31. The predicted molar refractivity (Wildman–Crippen MR) is 147 cm³/mol. The summed E-state index contributed by atoms with van der Waals surface area (Å²) in [4.78, 5) is 30.6. The van der Waals surface area contributed by atoms with Gasteiger partial charge in [0.1, 0.15) is 12.3 Å². The number of amides is 2. The van der Waals surface area contributed by atoms with Crippen molar-refractivity contribution < 1.29 is 14.3 Å². The third kappa shape index (κ3) is 6.75. The molecule has 0 bridgehead atoms. The zero-order valence-corrected chi connectivity index (χ0v) is 22.5. The molecule has 196 valence electrons. The average Bonchev–Trinajstić information content (AvgIpc) is 3.38. The van der Waals surface area contributed by atoms with Crippen LogP contribution in [0.25, 0.3) is 0 Å². The standard InChI is InChI=1S/C30H36ClN3O3/c1-3-32(30(36)23-15-17-27(37-2)18-16-23)22-29(35)34(25-11-5-4-6-12-25)21-26-13-9-19-33(26)20-24-10-7-8-14-28(24)31/h7-10,13-19,25H,3-6,11-12,20-22H2,1-2H3. The molecular formula is C30H36ClN3O3. The highest BCUT2D eigenvalue weighted by Gasteiger charge is 2.28. The molecule has 2 aromatic carbocycles. The van der Waals surface area contributed by atoms with E-state index in [1.807, 2.05) is 48.4 Å². The molecule has 1 heterocycles. The maximum absolute atomic E-state index is 13.8. The molecule has 3 aromatic rings. The largest absolute Gasteiger partial charge is 0.497 e. The number of benzene rings is 2. The number of ether oxygens (including phenoxy) is 1. The first-order valence-corrected chi connectivity index (χ1v) is 13.5. The van der Waals surface area contributed by atoms with Crippen LogP contribution in [0.1, 0.15) is 60.6 Å². The van der Waals surface area contributed by atoms with Crippen molar-refractivity contribution in [2.45, 2.75) is 58.2 Å². The molecule has 1 aliphatic carbocycles. The zero-order valence-electron chi connectivity index (χ0n) is 21.7. The van der Waals surface area contributed by atoms with Crippen molar-refractivity contribution >= 4 is 23.4 Å². The summed E-state index contributed by atoms with van der Waals surface area (Å²) in [5, 5.41) is 0.734. The molecule has 37 heavy (non-hydrogen) atoms. The Balaban J connectivity index is 1.52. The van der Waals surface area contributed by atoms with E-state index in [1.54, 1.807) is 36.3 Å². The normalized spacial score (nSPS) is 13.8. The maximum Gasteiger partial charge on any atom is 0.254 e. The lowest BCUT2D eigenvalue weighted by atomic mass is 9.94. The van der Waals surface area contributed by atoms with E-state index in [4.69, 9.17) is 16.3 Å². The van der Waals surface area contributed by atoms with Crippen LogP contribution < -0.4 is 4.74 Å². The second-order valence-electron chi connectivity index (χ2n) is 9.58. The number of carbonyl (C=O) groups excluding carboxylic acids is 2. The van der Waals surface area contributed by atoms with Gasteiger partial charge in [0.2, 0.25) is 5.91 Å². The molecule has 0 aliphatic heterocycles. The van der Waals surface area contributed by atoms with E-state index in [-0.39, 0.29) is 24.4 Å². The molecule has 0 unspecified atom stereocenters. The molecule has 0 radical (unpaired) electrons. The van der Waals surface area contributed by atoms with Gasteiger partial charge in [-0.3, -0.25) is 9.59 Å². The molecule has 0 spiro atoms. The van der Waals surface area contributed by atoms with Gasteiger partial charge in [-0.1, -0.05) is 49.1 Å². The molecule has 6 nitrogen and oxygen atoms in total. The lowest BCUT2D eigenvalue weighted by Gasteiger charge is -2.36. The van der Waals surface area contributed by atoms with Crippen molar-refractivity contribution in [3.63, 3.8) is 0 Å². The Morgan fingerprint density at radius 1 is 1.00 bits per heavy atom. The monoisotopic (exact) mass is 521 g/mol. The molecule has 0 saturated heterocycles. The van der Waals surface area contributed by atoms with E-state index in [0.717, 1.165) is 42.0 Å². The minimum Gasteiger partial charge on any atom is -0.497 e. The average molecular weight is 522 g/mol. The van der Waals surface area contributed by atoms with Gasteiger partial charge in [0, 0.05) is 41.6 Å². The van der Waals surface area contributed by atoms with Crippen LogP contribution in [0.15, 0.2) is 66.9 Å². The van der Waals surface area contributed by atoms with Gasteiger partial charge in [-0.05, 0) is 67.8 Å². The summed E-state index contributed by atoms with van der Waals surface area (Å²) in [7, 11) is 1.60. The molecule has 7 heteroatoms. The van der Waals surface area contributed by atoms with Crippen molar-refractivity contribution in [1.29, 1.82) is 0 Å². The van der Waals surface area contributed by atoms with Crippen molar-refractivity contribution in [1.82, 2.24) is 14.4 Å². The number of halogens is 1. The molecule has 1 fully saturated rings. The predicted octanol–water partition coefficient (Wildman–Crippen LogP) is 6.02. The second-order valence-corrected chi connectivity index (χ2v) is 9.99. The third-order valence-corrected chi connectivity index (χ3v) is 7.59. The second kappa shape index (κ2) is 12.8. The highest BCUT2D eigenvalue weighted by Crippen LogP contribution is 2.26. The summed E-state index contributed by atoms with van der Waals surface area (Å²) in [6.45, 7) is 3.58. The zero-order chi connectivity index (χ0) is 26.2. The van der Waals surface area contributed by atoms with E-state index in [9.17, 15) is 9.59 Å². The molecule has 0 atom stereocenters. The first-order chi connectivity index (χ1) is 18.0. The number of nitrogens with zero attached hydrogens (tertiary/aromatic N) is 3. The molecule has 0 N–H and O–H groups in total. The van der Waals surface area contributed by atoms with Gasteiger partial charge in [-0.15, -0.1) is 0 Å². The Hall–Kier alpha value is -3.25. The molecule has 1 aromatic heterocycles. The van der Waals surface area contributed by atoms with E-state index in [1.165, 1.54) is 6.42 Å². The van der Waals surface area contributed by atoms with Gasteiger partial charge >= 0.3 is 0 Å². The van der Waals surface area contributed by atoms with Gasteiger partial charge in [0.15, 0.2) is 0 Å². The molecule has 2 amide bonds. The number of rotatable bonds is 10. The van der Waals surface area contributed by atoms with Crippen LogP contribution >= 0.6 is 11.6 Å². The van der Waals surface area contributed by atoms with Crippen LogP contribution in [-0.2, 0) is 17.9 Å². The number of hydrogen-bond acceptors (Lipinski definition) is 3. The lowest BCUT2D eigenvalue weighted by molar-refractivity contribution is -0.135. The summed E-state index contributed by atoms with van der Waals surface area (Å²) in [6.07, 6.45) is 7.48. The van der Waals surface area contributed by atoms with Gasteiger partial charge < -0.3 is 19.1 Å². The van der Waals surface area contributed by atoms with Crippen LogP contribution in [0.4, 0.5) is 0 Å². The summed E-state index contributed by atoms with van der Waals surface area (Å²) in [5.74, 6) is 0.532. The summed E-state index contributed by atoms with van der Waals surface area (Å²) >= 11 is 6.42. The van der Waals surface area contributed by atoms with Crippen molar-refractivity contribution in [3.05, 3.63) is 88.7 Å². The Morgan fingerprint density at radius 3 is 2.41 bits per heavy atom. The summed E-state index contributed by atoms with van der Waals surface area (Å²) in [6, 6.07) is 19.1. The first-order valence-electron chi connectivity index (χ1n) is 13.1. The van der Waals surface area contributed by atoms with Gasteiger partial charge in [-0.2, -0.15) is 0 Å². The SMILES string of the molecule is CCN(CC(=O)N(Cc1cccn1Cc1ccccc1Cl)C1CCCCC1)C(=O)c1ccc(OC)cc1. The van der Waals surface area contributed by atoms with E-state index in [2.05, 4.69) is 10.6 Å². The fourth-order valence-corrected chi connectivity index (χ4v) is 5.24. The third-order valence-electron chi connectivity index (χ3n) is 7.22. The first kappa shape index (κ1) is 26.8. The molecule has 4 rings (SSSR count). The highest BCUT2D eigenvalue weighted by atomic mass is 35.5. The van der Waals surface area contributed by atoms with Crippen molar-refractivity contribution in [2.75, 3.05) is 20.2 Å². The Labute approximate surface area is 224 Å². The summed E-state index contributed by atoms with van der Waals surface area (Å²) < 4.78 is 7.36. The maximum atomic E-state index is 13.8. The smallest absolute Gasteiger partial charge is 0.254 e. The van der Waals surface area contributed by atoms with Gasteiger partial charge in [-0.25, -0.2) is 0 Å². The number of carbonyl (C=O) groups is 2. The van der Waals surface area contributed by atoms with Crippen LogP contribution in [-0.4, -0.2) is 52.4 Å². The topological polar surface area (TPSA) is 54.8 Å². The van der Waals surface area contributed by atoms with Crippen LogP contribution in [0.5, 0.6) is 5.75 Å². The van der Waals surface area contributed by atoms with Crippen molar-refractivity contribution in [3.8, 4) is 5.75 Å². The number of hydrogen-bond donors (Lipinski definition) is 0. The minimum absolute atomic E-state index is 0.0129. The Bertz CT molecular complexity index is 1180. The van der Waals surface area contributed by atoms with Crippen LogP contribution in [0.2, 0.25) is 5.02 Å². The van der Waals surface area contributed by atoms with Gasteiger partial charge in [0.05, 0.1) is 13.7 Å². The molecule has 1 aliphatic rings. The van der Waals surface area contributed by atoms with E-state index in [0.29, 0.717) is 30.9 Å². The fourth-order valence-electron chi connectivity index (χ4n) is 5.04. The number of methoxy groups -OCH3 is 1. The summed E-state index contributed by atoms with van der Waals surface area (Å²) in [5.41, 5.74) is 2.65. The Kier molecular flexibility index (Phi) is 9.29. The van der Waals surface area contributed by atoms with Gasteiger partial charge in [0.25, 0.3) is 5.91 Å². The van der Waals surface area contributed by atoms with E-state index >= 15 is 0 Å². The minimum atomic E-state index is -0.149. The fraction of sp³-hybridized carbons (Fsp3) is 0.400. The number of likely N-dealkylation sites (N-methyl/N-ethyl adjacent to an activating group) is 1. The molecule has 1 saturated carbocycles. The van der Waals surface area contributed by atoms with Crippen molar-refractivity contribution in [2.24, 2.45) is 0 Å². The quantitative estimate of drug-likeness (QED) is 0.328. The Morgan fingerprint density at radius 2 is 1.73 bits per heavy atom. The van der Waals surface area contributed by atoms with Crippen LogP contribution in [0.3, 0.4) is 0 Å². The number of aromatic nitrogens is 1.